The number of nitriles is 1. The summed E-state index contributed by atoms with van der Waals surface area (Å²) >= 11 is 0. The number of fused-ring (bicyclic) bond motifs is 1. The molecule has 7 N–H and O–H groups in total. The fraction of sp³-hybridized carbons (Fsp3) is 0.0800. The topological polar surface area (TPSA) is 175 Å². The number of hydrogen-bond acceptors (Lipinski definition) is 9. The van der Waals surface area contributed by atoms with Crippen LogP contribution in [0.25, 0.3) is 22.2 Å². The second-order valence-electron chi connectivity index (χ2n) is 7.60. The van der Waals surface area contributed by atoms with E-state index in [9.17, 15) is 10.1 Å². The third kappa shape index (κ3) is 4.38. The molecule has 4 aromatic rings. The number of nitrogen functional groups attached to an aromatic ring is 1. The van der Waals surface area contributed by atoms with Gasteiger partial charge in [-0.1, -0.05) is 30.3 Å². The van der Waals surface area contributed by atoms with Gasteiger partial charge in [-0.2, -0.15) is 10.2 Å². The minimum Gasteiger partial charge on any atom is -0.405 e. The highest BCUT2D eigenvalue weighted by Crippen LogP contribution is 2.26. The lowest BCUT2D eigenvalue weighted by molar-refractivity contribution is 0.730. The third-order valence-electron chi connectivity index (χ3n) is 5.37. The Morgan fingerprint density at radius 1 is 1.14 bits per heavy atom. The Labute approximate surface area is 201 Å². The molecule has 0 aliphatic rings. The second kappa shape index (κ2) is 9.76. The van der Waals surface area contributed by atoms with Crippen LogP contribution in [-0.4, -0.2) is 19.5 Å². The van der Waals surface area contributed by atoms with E-state index in [1.54, 1.807) is 24.3 Å². The lowest BCUT2D eigenvalue weighted by Crippen LogP contribution is -2.28. The summed E-state index contributed by atoms with van der Waals surface area (Å²) in [5, 5.41) is 13.0. The van der Waals surface area contributed by atoms with Gasteiger partial charge >= 0.3 is 0 Å². The van der Waals surface area contributed by atoms with Crippen molar-refractivity contribution in [2.45, 2.75) is 13.0 Å². The molecular formula is C25H23N9O. The standard InChI is InChI=1S/C25H23N9O/c1-15(31-22-17(13-28)14-30-25(29)33-22)23-32-20-9-5-8-19(16(12-27)10-11-26)21(20)24(35)34(23)18-6-3-2-4-7-18/h2-12,14-15H,26-27H2,1H3,(H3,29,30,31,33)/b11-10-,16-12+/t15-/m0/s1. The molecule has 35 heavy (non-hydrogen) atoms. The summed E-state index contributed by atoms with van der Waals surface area (Å²) in [5.74, 6) is 0.681. The molecule has 0 fully saturated rings. The van der Waals surface area contributed by atoms with E-state index >= 15 is 0 Å². The van der Waals surface area contributed by atoms with Crippen LogP contribution in [0.1, 0.15) is 29.9 Å². The van der Waals surface area contributed by atoms with Crippen LogP contribution in [0.3, 0.4) is 0 Å². The van der Waals surface area contributed by atoms with Crippen LogP contribution in [0.4, 0.5) is 11.8 Å². The van der Waals surface area contributed by atoms with Gasteiger partial charge in [-0.3, -0.25) is 9.36 Å². The van der Waals surface area contributed by atoms with Crippen LogP contribution >= 0.6 is 0 Å². The van der Waals surface area contributed by atoms with E-state index in [0.29, 0.717) is 33.6 Å². The zero-order valence-electron chi connectivity index (χ0n) is 18.9. The van der Waals surface area contributed by atoms with Gasteiger partial charge in [0.15, 0.2) is 0 Å². The van der Waals surface area contributed by atoms with Crippen LogP contribution in [0.15, 0.2) is 78.0 Å². The highest BCUT2D eigenvalue weighted by Gasteiger charge is 2.21. The number of nitrogens with two attached hydrogens (primary N) is 3. The zero-order valence-corrected chi connectivity index (χ0v) is 18.9. The smallest absolute Gasteiger partial charge is 0.266 e. The van der Waals surface area contributed by atoms with Gasteiger partial charge in [0.1, 0.15) is 23.3 Å². The van der Waals surface area contributed by atoms with E-state index in [0.717, 1.165) is 0 Å². The lowest BCUT2D eigenvalue weighted by atomic mass is 10.0. The number of nitrogens with one attached hydrogen (secondary N) is 1. The van der Waals surface area contributed by atoms with Gasteiger partial charge in [-0.15, -0.1) is 0 Å². The van der Waals surface area contributed by atoms with Crippen molar-refractivity contribution >= 4 is 28.2 Å². The number of aromatic nitrogens is 4. The van der Waals surface area contributed by atoms with E-state index in [2.05, 4.69) is 15.3 Å². The molecule has 4 rings (SSSR count). The van der Waals surface area contributed by atoms with Crippen LogP contribution in [0.5, 0.6) is 0 Å². The first-order valence-electron chi connectivity index (χ1n) is 10.7. The van der Waals surface area contributed by atoms with Crippen LogP contribution in [0, 0.1) is 11.3 Å². The summed E-state index contributed by atoms with van der Waals surface area (Å²) in [4.78, 5) is 26.9. The van der Waals surface area contributed by atoms with Crippen molar-refractivity contribution in [1.29, 1.82) is 5.26 Å². The summed E-state index contributed by atoms with van der Waals surface area (Å²) in [6, 6.07) is 16.0. The second-order valence-corrected chi connectivity index (χ2v) is 7.60. The Morgan fingerprint density at radius 3 is 2.60 bits per heavy atom. The van der Waals surface area contributed by atoms with Crippen molar-refractivity contribution in [3.8, 4) is 11.8 Å². The number of rotatable bonds is 6. The molecule has 0 saturated carbocycles. The average molecular weight is 466 g/mol. The van der Waals surface area contributed by atoms with Crippen LogP contribution in [0.2, 0.25) is 0 Å². The SMILES string of the molecule is C[C@H](Nc1nc(N)ncc1C#N)c1nc2cccc(C(/C=C\N)=C/N)c2c(=O)n1-c1ccccc1. The summed E-state index contributed by atoms with van der Waals surface area (Å²) in [5.41, 5.74) is 19.4. The summed E-state index contributed by atoms with van der Waals surface area (Å²) in [7, 11) is 0. The van der Waals surface area contributed by atoms with Crippen molar-refractivity contribution in [2.24, 2.45) is 11.5 Å². The number of allylic oxidation sites excluding steroid dienone is 2. The Morgan fingerprint density at radius 2 is 1.91 bits per heavy atom. The lowest BCUT2D eigenvalue weighted by Gasteiger charge is -2.21. The molecule has 10 heteroatoms. The molecule has 2 aromatic heterocycles. The number of para-hydroxylation sites is 1. The molecule has 2 heterocycles. The zero-order chi connectivity index (χ0) is 24.9. The summed E-state index contributed by atoms with van der Waals surface area (Å²) < 4.78 is 1.53. The quantitative estimate of drug-likeness (QED) is 0.312. The first kappa shape index (κ1) is 23.0. The molecule has 174 valence electrons. The van der Waals surface area contributed by atoms with E-state index in [1.807, 2.05) is 43.3 Å². The molecule has 0 saturated heterocycles. The predicted molar refractivity (Wildman–Crippen MR) is 136 cm³/mol. The van der Waals surface area contributed by atoms with Gasteiger partial charge in [-0.25, -0.2) is 9.97 Å². The van der Waals surface area contributed by atoms with Crippen LogP contribution < -0.4 is 28.1 Å². The molecule has 0 unspecified atom stereocenters. The maximum absolute atomic E-state index is 14.0. The van der Waals surface area contributed by atoms with Gasteiger partial charge in [0.25, 0.3) is 5.56 Å². The van der Waals surface area contributed by atoms with E-state index in [-0.39, 0.29) is 22.9 Å². The minimum absolute atomic E-state index is 0.0179. The van der Waals surface area contributed by atoms with Gasteiger partial charge in [0, 0.05) is 6.20 Å². The van der Waals surface area contributed by atoms with Crippen molar-refractivity contribution in [1.82, 2.24) is 19.5 Å². The highest BCUT2D eigenvalue weighted by molar-refractivity contribution is 5.93. The highest BCUT2D eigenvalue weighted by atomic mass is 16.1. The first-order chi connectivity index (χ1) is 17.0. The molecule has 0 spiro atoms. The van der Waals surface area contributed by atoms with Crippen molar-refractivity contribution in [2.75, 3.05) is 11.1 Å². The van der Waals surface area contributed by atoms with Gasteiger partial charge in [-0.05, 0) is 48.5 Å². The Bertz CT molecular complexity index is 1550. The number of nitrogens with zero attached hydrogens (tertiary/aromatic N) is 5. The maximum Gasteiger partial charge on any atom is 0.266 e. The average Bonchev–Trinajstić information content (AvgIpc) is 2.87. The van der Waals surface area contributed by atoms with Gasteiger partial charge < -0.3 is 22.5 Å². The van der Waals surface area contributed by atoms with E-state index in [1.165, 1.54) is 23.2 Å². The summed E-state index contributed by atoms with van der Waals surface area (Å²) in [6.07, 6.45) is 5.72. The van der Waals surface area contributed by atoms with Crippen molar-refractivity contribution < 1.29 is 0 Å². The largest absolute Gasteiger partial charge is 0.405 e. The first-order valence-corrected chi connectivity index (χ1v) is 10.7. The fourth-order valence-electron chi connectivity index (χ4n) is 3.80. The van der Waals surface area contributed by atoms with E-state index in [4.69, 9.17) is 22.2 Å². The van der Waals surface area contributed by atoms with E-state index < -0.39 is 6.04 Å². The molecule has 0 aliphatic heterocycles. The molecule has 10 nitrogen and oxygen atoms in total. The monoisotopic (exact) mass is 465 g/mol. The minimum atomic E-state index is -0.536. The van der Waals surface area contributed by atoms with Crippen LogP contribution in [-0.2, 0) is 0 Å². The molecular weight excluding hydrogens is 442 g/mol. The third-order valence-corrected chi connectivity index (χ3v) is 5.37. The molecule has 2 aromatic carbocycles. The number of benzene rings is 2. The Balaban J connectivity index is 1.99. The molecule has 1 atom stereocenters. The molecule has 0 bridgehead atoms. The maximum atomic E-state index is 14.0. The van der Waals surface area contributed by atoms with Gasteiger partial charge in [0.05, 0.1) is 28.8 Å². The predicted octanol–water partition coefficient (Wildman–Crippen LogP) is 2.57. The number of hydrogen-bond donors (Lipinski definition) is 4. The van der Waals surface area contributed by atoms with Gasteiger partial charge in [0.2, 0.25) is 5.95 Å². The number of anilines is 2. The normalized spacial score (nSPS) is 12.5. The van der Waals surface area contributed by atoms with Crippen molar-refractivity contribution in [3.05, 3.63) is 101 Å². The Kier molecular flexibility index (Phi) is 6.42. The summed E-state index contributed by atoms with van der Waals surface area (Å²) in [6.45, 7) is 1.82. The van der Waals surface area contributed by atoms with Crippen molar-refractivity contribution in [3.63, 3.8) is 0 Å². The Hall–Kier alpha value is -5.17. The molecule has 0 radical (unpaired) electrons. The fourth-order valence-corrected chi connectivity index (χ4v) is 3.80. The molecule has 0 aliphatic carbocycles. The molecule has 0 amide bonds.